The largest absolute Gasteiger partial charge is 0.0760 e. The van der Waals surface area contributed by atoms with Crippen molar-refractivity contribution in [2.75, 3.05) is 0 Å². The summed E-state index contributed by atoms with van der Waals surface area (Å²) in [6, 6.07) is 15.7. The van der Waals surface area contributed by atoms with E-state index >= 15 is 0 Å². The monoisotopic (exact) mass is 426 g/mol. The minimum atomic E-state index is 0. The molecule has 0 nitrogen and oxygen atoms in total. The van der Waals surface area contributed by atoms with Crippen LogP contribution in [0.15, 0.2) is 48.5 Å². The topological polar surface area (TPSA) is 0 Å². The third-order valence-electron chi connectivity index (χ3n) is 4.50. The van der Waals surface area contributed by atoms with Gasteiger partial charge in [-0.05, 0) is 53.5 Å². The predicted octanol–water partition coefficient (Wildman–Crippen LogP) is 4.53. The smallest absolute Gasteiger partial charge is 0.00677 e. The summed E-state index contributed by atoms with van der Waals surface area (Å²) in [6.45, 7) is 0. The van der Waals surface area contributed by atoms with Gasteiger partial charge in [0.2, 0.25) is 0 Å². The maximum atomic E-state index is 2.48. The van der Waals surface area contributed by atoms with Crippen LogP contribution in [0.1, 0.15) is 40.2 Å². The zero-order chi connectivity index (χ0) is 12.7. The van der Waals surface area contributed by atoms with Crippen LogP contribution in [0.25, 0.3) is 6.08 Å². The normalized spacial score (nSPS) is 18.5. The molecular weight excluding hydrogens is 407 g/mol. The van der Waals surface area contributed by atoms with E-state index in [0.717, 1.165) is 6.42 Å². The van der Waals surface area contributed by atoms with Gasteiger partial charge in [-0.2, -0.15) is 0 Å². The Morgan fingerprint density at radius 2 is 1.70 bits per heavy atom. The molecule has 0 bridgehead atoms. The van der Waals surface area contributed by atoms with Gasteiger partial charge in [0.05, 0.1) is 0 Å². The molecule has 0 fully saturated rings. The molecule has 0 saturated carbocycles. The molecule has 1 atom stereocenters. The van der Waals surface area contributed by atoms with Crippen molar-refractivity contribution >= 4 is 6.08 Å². The number of benzene rings is 2. The first-order valence-electron chi connectivity index (χ1n) is 7.28. The first-order chi connectivity index (χ1) is 9.40. The van der Waals surface area contributed by atoms with Crippen molar-refractivity contribution in [3.8, 4) is 0 Å². The minimum absolute atomic E-state index is 0. The minimum Gasteiger partial charge on any atom is -0.0760 e. The summed E-state index contributed by atoms with van der Waals surface area (Å²) in [6.07, 6.45) is 9.73. The summed E-state index contributed by atoms with van der Waals surface area (Å²) in [5.41, 5.74) is 7.63. The molecule has 2 aliphatic rings. The first kappa shape index (κ1) is 14.0. The van der Waals surface area contributed by atoms with Crippen LogP contribution in [0.3, 0.4) is 0 Å². The molecule has 4 rings (SSSR count). The van der Waals surface area contributed by atoms with Crippen molar-refractivity contribution < 1.29 is 25.8 Å². The van der Waals surface area contributed by atoms with Crippen LogP contribution in [-0.2, 0) is 45.1 Å². The molecule has 2 aromatic rings. The Hall–Kier alpha value is -0.950. The summed E-state index contributed by atoms with van der Waals surface area (Å²) in [5.74, 6) is 0.572. The van der Waals surface area contributed by atoms with E-state index in [1.807, 2.05) is 0 Å². The van der Waals surface area contributed by atoms with Crippen molar-refractivity contribution in [2.45, 2.75) is 31.6 Å². The van der Waals surface area contributed by atoms with Crippen LogP contribution in [0.4, 0.5) is 0 Å². The Balaban J connectivity index is 0.00000121. The Bertz CT molecular complexity index is 640. The standard InChI is InChI=1S/C19H18.Hf/c1-2-5-14(6-3-1)11-17-9-10-18-12-15-7-4-8-16(15)13-19(17)18;/h1-3,5-6,9-10,12-13,17H,4,7-8,11H2;. The number of hydrogen-bond donors (Lipinski definition) is 0. The molecule has 0 radical (unpaired) electrons. The van der Waals surface area contributed by atoms with Crippen LogP contribution < -0.4 is 0 Å². The van der Waals surface area contributed by atoms with E-state index in [1.54, 1.807) is 16.7 Å². The summed E-state index contributed by atoms with van der Waals surface area (Å²) in [7, 11) is 0. The second-order valence-electron chi connectivity index (χ2n) is 5.76. The number of rotatable bonds is 2. The Kier molecular flexibility index (Phi) is 4.07. The summed E-state index contributed by atoms with van der Waals surface area (Å²) >= 11 is 0. The zero-order valence-corrected chi connectivity index (χ0v) is 15.2. The van der Waals surface area contributed by atoms with E-state index in [4.69, 9.17) is 0 Å². The van der Waals surface area contributed by atoms with Crippen molar-refractivity contribution in [2.24, 2.45) is 0 Å². The summed E-state index contributed by atoms with van der Waals surface area (Å²) in [4.78, 5) is 0. The number of hydrogen-bond acceptors (Lipinski definition) is 0. The molecule has 0 heterocycles. The van der Waals surface area contributed by atoms with Crippen LogP contribution in [0, 0.1) is 0 Å². The molecule has 0 aromatic heterocycles. The van der Waals surface area contributed by atoms with Gasteiger partial charge in [0.15, 0.2) is 0 Å². The van der Waals surface area contributed by atoms with Crippen molar-refractivity contribution in [1.82, 2.24) is 0 Å². The van der Waals surface area contributed by atoms with Gasteiger partial charge < -0.3 is 0 Å². The van der Waals surface area contributed by atoms with Gasteiger partial charge >= 0.3 is 0 Å². The van der Waals surface area contributed by atoms with Crippen molar-refractivity contribution in [3.05, 3.63) is 76.4 Å². The molecule has 0 saturated heterocycles. The molecule has 1 unspecified atom stereocenters. The summed E-state index contributed by atoms with van der Waals surface area (Å²) in [5, 5.41) is 0. The predicted molar refractivity (Wildman–Crippen MR) is 80.4 cm³/mol. The van der Waals surface area contributed by atoms with Crippen LogP contribution in [-0.4, -0.2) is 0 Å². The third kappa shape index (κ3) is 2.48. The second-order valence-corrected chi connectivity index (χ2v) is 5.76. The second kappa shape index (κ2) is 5.81. The van der Waals surface area contributed by atoms with E-state index in [0.29, 0.717) is 5.92 Å². The van der Waals surface area contributed by atoms with Gasteiger partial charge in [0.1, 0.15) is 0 Å². The van der Waals surface area contributed by atoms with Gasteiger partial charge in [0, 0.05) is 31.8 Å². The average molecular weight is 425 g/mol. The maximum absolute atomic E-state index is 2.48. The van der Waals surface area contributed by atoms with Crippen LogP contribution in [0.5, 0.6) is 0 Å². The maximum Gasteiger partial charge on any atom is 0.00677 e. The van der Waals surface area contributed by atoms with Gasteiger partial charge in [-0.1, -0.05) is 54.6 Å². The SMILES string of the molecule is C1=CC(Cc2ccccc2)c2cc3c(cc21)CCC3.[Hf]. The van der Waals surface area contributed by atoms with Gasteiger partial charge in [-0.25, -0.2) is 0 Å². The fraction of sp³-hybridized carbons (Fsp3) is 0.263. The molecule has 1 heteroatoms. The van der Waals surface area contributed by atoms with E-state index in [-0.39, 0.29) is 25.8 Å². The fourth-order valence-corrected chi connectivity index (χ4v) is 3.50. The van der Waals surface area contributed by atoms with E-state index in [2.05, 4.69) is 54.6 Å². The van der Waals surface area contributed by atoms with Crippen molar-refractivity contribution in [1.29, 1.82) is 0 Å². The Morgan fingerprint density at radius 1 is 0.950 bits per heavy atom. The molecule has 0 amide bonds. The molecular formula is C19H18Hf. The van der Waals surface area contributed by atoms with E-state index < -0.39 is 0 Å². The molecule has 0 aliphatic heterocycles. The molecule has 0 spiro atoms. The number of allylic oxidation sites excluding steroid dienone is 1. The van der Waals surface area contributed by atoms with Crippen LogP contribution in [0.2, 0.25) is 0 Å². The number of aryl methyl sites for hydroxylation is 2. The average Bonchev–Trinajstić information content (AvgIpc) is 3.05. The Morgan fingerprint density at radius 3 is 2.50 bits per heavy atom. The zero-order valence-electron chi connectivity index (χ0n) is 11.6. The van der Waals surface area contributed by atoms with Gasteiger partial charge in [-0.15, -0.1) is 0 Å². The van der Waals surface area contributed by atoms with E-state index in [9.17, 15) is 0 Å². The van der Waals surface area contributed by atoms with Crippen molar-refractivity contribution in [3.63, 3.8) is 0 Å². The molecule has 0 N–H and O–H groups in total. The third-order valence-corrected chi connectivity index (χ3v) is 4.50. The Labute approximate surface area is 139 Å². The molecule has 2 aromatic carbocycles. The number of fused-ring (bicyclic) bond motifs is 2. The van der Waals surface area contributed by atoms with E-state index in [1.165, 1.54) is 30.4 Å². The fourth-order valence-electron chi connectivity index (χ4n) is 3.50. The van der Waals surface area contributed by atoms with Gasteiger partial charge in [-0.3, -0.25) is 0 Å². The summed E-state index contributed by atoms with van der Waals surface area (Å²) < 4.78 is 0. The molecule has 98 valence electrons. The van der Waals surface area contributed by atoms with Crippen LogP contribution >= 0.6 is 0 Å². The van der Waals surface area contributed by atoms with Gasteiger partial charge in [0.25, 0.3) is 0 Å². The quantitative estimate of drug-likeness (QED) is 0.622. The first-order valence-corrected chi connectivity index (χ1v) is 7.28. The molecule has 2 aliphatic carbocycles. The molecule has 20 heavy (non-hydrogen) atoms.